The molecule has 0 saturated carbocycles. The molecule has 0 radical (unpaired) electrons. The maximum Gasteiger partial charge on any atom is 0.127 e. The fourth-order valence-corrected chi connectivity index (χ4v) is 1.73. The number of pyridine rings is 1. The molecule has 2 N–H and O–H groups in total. The highest BCUT2D eigenvalue weighted by Crippen LogP contribution is 2.18. The summed E-state index contributed by atoms with van der Waals surface area (Å²) in [6, 6.07) is 10.2. The third-order valence-corrected chi connectivity index (χ3v) is 2.71. The van der Waals surface area contributed by atoms with E-state index in [0.29, 0.717) is 12.0 Å². The van der Waals surface area contributed by atoms with Gasteiger partial charge in [-0.25, -0.2) is 4.39 Å². The zero-order chi connectivity index (χ0) is 12.3. The van der Waals surface area contributed by atoms with E-state index in [0.717, 1.165) is 11.3 Å². The summed E-state index contributed by atoms with van der Waals surface area (Å²) in [7, 11) is 0. The van der Waals surface area contributed by atoms with E-state index in [-0.39, 0.29) is 11.9 Å². The number of nitrogens with zero attached hydrogens (tertiary/aromatic N) is 1. The predicted molar refractivity (Wildman–Crippen MR) is 66.0 cm³/mol. The average molecular weight is 230 g/mol. The highest BCUT2D eigenvalue weighted by atomic mass is 19.1. The molecule has 0 aliphatic heterocycles. The molecule has 0 amide bonds. The van der Waals surface area contributed by atoms with Gasteiger partial charge in [-0.15, -0.1) is 0 Å². The van der Waals surface area contributed by atoms with Crippen molar-refractivity contribution in [1.82, 2.24) is 4.98 Å². The first-order chi connectivity index (χ1) is 8.16. The van der Waals surface area contributed by atoms with Crippen LogP contribution in [0, 0.1) is 12.7 Å². The lowest BCUT2D eigenvalue weighted by molar-refractivity contribution is 0.578. The second kappa shape index (κ2) is 5.06. The molecule has 0 aliphatic carbocycles. The van der Waals surface area contributed by atoms with Crippen LogP contribution in [-0.4, -0.2) is 4.98 Å². The molecule has 0 fully saturated rings. The number of aromatic nitrogens is 1. The molecule has 3 heteroatoms. The molecule has 17 heavy (non-hydrogen) atoms. The largest absolute Gasteiger partial charge is 0.324 e. The van der Waals surface area contributed by atoms with Gasteiger partial charge in [-0.1, -0.05) is 24.3 Å². The van der Waals surface area contributed by atoms with E-state index in [4.69, 9.17) is 5.73 Å². The van der Waals surface area contributed by atoms with E-state index >= 15 is 0 Å². The Hall–Kier alpha value is -1.74. The number of nitrogens with two attached hydrogens (primary N) is 1. The van der Waals surface area contributed by atoms with Crippen LogP contribution >= 0.6 is 0 Å². The fraction of sp³-hybridized carbons (Fsp3) is 0.214. The Kier molecular flexibility index (Phi) is 3.49. The van der Waals surface area contributed by atoms with E-state index in [2.05, 4.69) is 4.98 Å². The van der Waals surface area contributed by atoms with Crippen molar-refractivity contribution in [1.29, 1.82) is 0 Å². The third-order valence-electron chi connectivity index (χ3n) is 2.71. The summed E-state index contributed by atoms with van der Waals surface area (Å²) in [5.74, 6) is -0.257. The minimum absolute atomic E-state index is 0.257. The summed E-state index contributed by atoms with van der Waals surface area (Å²) < 4.78 is 13.5. The fourth-order valence-electron chi connectivity index (χ4n) is 1.73. The van der Waals surface area contributed by atoms with Gasteiger partial charge in [0.25, 0.3) is 0 Å². The summed E-state index contributed by atoms with van der Waals surface area (Å²) >= 11 is 0. The first-order valence-corrected chi connectivity index (χ1v) is 5.58. The van der Waals surface area contributed by atoms with Crippen molar-refractivity contribution < 1.29 is 4.39 Å². The Balaban J connectivity index is 2.14. The quantitative estimate of drug-likeness (QED) is 0.880. The van der Waals surface area contributed by atoms with Gasteiger partial charge >= 0.3 is 0 Å². The lowest BCUT2D eigenvalue weighted by Crippen LogP contribution is -2.15. The van der Waals surface area contributed by atoms with Gasteiger partial charge < -0.3 is 5.73 Å². The Labute approximate surface area is 100 Å². The van der Waals surface area contributed by atoms with Crippen LogP contribution in [0.5, 0.6) is 0 Å². The molecule has 2 nitrogen and oxygen atoms in total. The Bertz CT molecular complexity index is 494. The van der Waals surface area contributed by atoms with Crippen LogP contribution in [0.4, 0.5) is 4.39 Å². The third kappa shape index (κ3) is 2.88. The van der Waals surface area contributed by atoms with Crippen LogP contribution in [-0.2, 0) is 6.42 Å². The van der Waals surface area contributed by atoms with Gasteiger partial charge in [0.15, 0.2) is 0 Å². The Morgan fingerprint density at radius 1 is 1.24 bits per heavy atom. The normalized spacial score (nSPS) is 12.4. The van der Waals surface area contributed by atoms with Crippen molar-refractivity contribution in [2.24, 2.45) is 5.73 Å². The van der Waals surface area contributed by atoms with E-state index in [1.54, 1.807) is 24.4 Å². The van der Waals surface area contributed by atoms with E-state index in [1.165, 1.54) is 6.07 Å². The summed E-state index contributed by atoms with van der Waals surface area (Å²) in [5, 5.41) is 0. The minimum Gasteiger partial charge on any atom is -0.324 e. The van der Waals surface area contributed by atoms with Crippen LogP contribution in [0.15, 0.2) is 42.6 Å². The molecular formula is C14H15FN2. The molecule has 1 unspecified atom stereocenters. The molecule has 1 heterocycles. The highest BCUT2D eigenvalue weighted by Gasteiger charge is 2.11. The molecular weight excluding hydrogens is 215 g/mol. The zero-order valence-corrected chi connectivity index (χ0v) is 9.73. The average Bonchev–Trinajstić information content (AvgIpc) is 2.32. The number of benzene rings is 1. The van der Waals surface area contributed by atoms with Gasteiger partial charge in [0, 0.05) is 29.9 Å². The predicted octanol–water partition coefficient (Wildman–Crippen LogP) is 2.77. The SMILES string of the molecule is Cc1ccc(CC(N)c2ccccc2F)nc1. The number of rotatable bonds is 3. The van der Waals surface area contributed by atoms with Gasteiger partial charge in [-0.3, -0.25) is 4.98 Å². The van der Waals surface area contributed by atoms with E-state index in [1.807, 2.05) is 19.1 Å². The van der Waals surface area contributed by atoms with Crippen molar-refractivity contribution in [3.8, 4) is 0 Å². The number of halogens is 1. The van der Waals surface area contributed by atoms with Crippen LogP contribution in [0.2, 0.25) is 0 Å². The standard InChI is InChI=1S/C14H15FN2/c1-10-6-7-11(17-9-10)8-14(16)12-4-2-3-5-13(12)15/h2-7,9,14H,8,16H2,1H3. The van der Waals surface area contributed by atoms with E-state index in [9.17, 15) is 4.39 Å². The summed E-state index contributed by atoms with van der Waals surface area (Å²) in [6.45, 7) is 1.98. The Morgan fingerprint density at radius 3 is 2.65 bits per heavy atom. The number of hydrogen-bond donors (Lipinski definition) is 1. The highest BCUT2D eigenvalue weighted by molar-refractivity contribution is 5.23. The maximum atomic E-state index is 13.5. The second-order valence-corrected chi connectivity index (χ2v) is 4.16. The van der Waals surface area contributed by atoms with Crippen LogP contribution in [0.25, 0.3) is 0 Å². The van der Waals surface area contributed by atoms with Crippen LogP contribution in [0.1, 0.15) is 22.9 Å². The molecule has 0 bridgehead atoms. The van der Waals surface area contributed by atoms with Gasteiger partial charge in [-0.05, 0) is 24.6 Å². The van der Waals surface area contributed by atoms with Crippen molar-refractivity contribution in [3.63, 3.8) is 0 Å². The zero-order valence-electron chi connectivity index (χ0n) is 9.73. The van der Waals surface area contributed by atoms with Gasteiger partial charge in [-0.2, -0.15) is 0 Å². The molecule has 2 rings (SSSR count). The topological polar surface area (TPSA) is 38.9 Å². The summed E-state index contributed by atoms with van der Waals surface area (Å²) in [6.07, 6.45) is 2.34. The minimum atomic E-state index is -0.355. The molecule has 88 valence electrons. The molecule has 1 aromatic carbocycles. The van der Waals surface area contributed by atoms with Crippen LogP contribution in [0.3, 0.4) is 0 Å². The number of hydrogen-bond acceptors (Lipinski definition) is 2. The van der Waals surface area contributed by atoms with Gasteiger partial charge in [0.05, 0.1) is 0 Å². The van der Waals surface area contributed by atoms with Crippen molar-refractivity contribution >= 4 is 0 Å². The molecule has 0 saturated heterocycles. The van der Waals surface area contributed by atoms with E-state index < -0.39 is 0 Å². The molecule has 0 aliphatic rings. The van der Waals surface area contributed by atoms with Gasteiger partial charge in [0.1, 0.15) is 5.82 Å². The summed E-state index contributed by atoms with van der Waals surface area (Å²) in [5.41, 5.74) is 8.51. The van der Waals surface area contributed by atoms with Crippen molar-refractivity contribution in [2.75, 3.05) is 0 Å². The molecule has 1 aromatic heterocycles. The molecule has 0 spiro atoms. The second-order valence-electron chi connectivity index (χ2n) is 4.16. The van der Waals surface area contributed by atoms with Gasteiger partial charge in [0.2, 0.25) is 0 Å². The Morgan fingerprint density at radius 2 is 2.00 bits per heavy atom. The lowest BCUT2D eigenvalue weighted by Gasteiger charge is -2.12. The van der Waals surface area contributed by atoms with Crippen molar-refractivity contribution in [3.05, 3.63) is 65.2 Å². The maximum absolute atomic E-state index is 13.5. The molecule has 2 aromatic rings. The first kappa shape index (κ1) is 11.7. The first-order valence-electron chi connectivity index (χ1n) is 5.58. The summed E-state index contributed by atoms with van der Waals surface area (Å²) in [4.78, 5) is 4.27. The monoisotopic (exact) mass is 230 g/mol. The van der Waals surface area contributed by atoms with Crippen molar-refractivity contribution in [2.45, 2.75) is 19.4 Å². The van der Waals surface area contributed by atoms with Crippen LogP contribution < -0.4 is 5.73 Å². The number of aryl methyl sites for hydroxylation is 1. The molecule has 1 atom stereocenters. The lowest BCUT2D eigenvalue weighted by atomic mass is 10.0. The smallest absolute Gasteiger partial charge is 0.127 e.